The van der Waals surface area contributed by atoms with E-state index in [1.807, 2.05) is 6.92 Å². The Hall–Kier alpha value is -1.88. The van der Waals surface area contributed by atoms with Crippen molar-refractivity contribution >= 4 is 17.6 Å². The van der Waals surface area contributed by atoms with Crippen molar-refractivity contribution in [1.82, 2.24) is 5.32 Å². The van der Waals surface area contributed by atoms with E-state index in [9.17, 15) is 9.59 Å². The van der Waals surface area contributed by atoms with E-state index in [0.29, 0.717) is 5.69 Å². The lowest BCUT2D eigenvalue weighted by Crippen LogP contribution is -2.53. The van der Waals surface area contributed by atoms with Crippen LogP contribution in [-0.2, 0) is 4.79 Å². The van der Waals surface area contributed by atoms with Crippen molar-refractivity contribution in [3.8, 4) is 0 Å². The van der Waals surface area contributed by atoms with Gasteiger partial charge in [0.05, 0.1) is 11.6 Å². The Morgan fingerprint density at radius 2 is 2.10 bits per heavy atom. The van der Waals surface area contributed by atoms with Crippen LogP contribution in [0.2, 0.25) is 0 Å². The van der Waals surface area contributed by atoms with Crippen LogP contribution in [0.3, 0.4) is 0 Å². The molecule has 0 bridgehead atoms. The zero-order valence-corrected chi connectivity index (χ0v) is 12.7. The monoisotopic (exact) mass is 290 g/mol. The van der Waals surface area contributed by atoms with Crippen LogP contribution in [0, 0.1) is 12.3 Å². The quantitative estimate of drug-likeness (QED) is 0.799. The van der Waals surface area contributed by atoms with Gasteiger partial charge in [0.25, 0.3) is 0 Å². The molecule has 1 aromatic rings. The standard InChI is InChI=1S/C16H22N2O3/c1-10-5-6-11(15(20)21)9-12(10)18-14(19)13-16(2,3)7-4-8-17-13/h5-6,9,13,17H,4,7-8H2,1-3H3,(H,18,19)(H,20,21). The van der Waals surface area contributed by atoms with E-state index in [2.05, 4.69) is 24.5 Å². The summed E-state index contributed by atoms with van der Waals surface area (Å²) in [5.74, 6) is -1.10. The second-order valence-electron chi connectivity index (χ2n) is 6.30. The van der Waals surface area contributed by atoms with Gasteiger partial charge in [-0.25, -0.2) is 4.79 Å². The van der Waals surface area contributed by atoms with Crippen LogP contribution in [0.1, 0.15) is 42.6 Å². The highest BCUT2D eigenvalue weighted by atomic mass is 16.4. The molecule has 5 nitrogen and oxygen atoms in total. The number of carboxylic acids is 1. The molecule has 1 unspecified atom stereocenters. The molecule has 1 fully saturated rings. The molecule has 1 aliphatic rings. The van der Waals surface area contributed by atoms with E-state index in [0.717, 1.165) is 24.9 Å². The van der Waals surface area contributed by atoms with Gasteiger partial charge in [-0.15, -0.1) is 0 Å². The number of aryl methyl sites for hydroxylation is 1. The van der Waals surface area contributed by atoms with Gasteiger partial charge in [0.1, 0.15) is 0 Å². The number of rotatable bonds is 3. The summed E-state index contributed by atoms with van der Waals surface area (Å²) in [4.78, 5) is 23.5. The van der Waals surface area contributed by atoms with Gasteiger partial charge in [0, 0.05) is 5.69 Å². The average Bonchev–Trinajstić information content (AvgIpc) is 2.40. The predicted octanol–water partition coefficient (Wildman–Crippen LogP) is 2.41. The number of hydrogen-bond acceptors (Lipinski definition) is 3. The number of amides is 1. The topological polar surface area (TPSA) is 78.4 Å². The zero-order chi connectivity index (χ0) is 15.6. The van der Waals surface area contributed by atoms with Crippen LogP contribution in [0.25, 0.3) is 0 Å². The van der Waals surface area contributed by atoms with Crippen LogP contribution < -0.4 is 10.6 Å². The van der Waals surface area contributed by atoms with Gasteiger partial charge in [-0.2, -0.15) is 0 Å². The molecule has 1 amide bonds. The molecule has 1 aliphatic heterocycles. The van der Waals surface area contributed by atoms with Gasteiger partial charge in [-0.1, -0.05) is 19.9 Å². The normalized spacial score (nSPS) is 20.8. The summed E-state index contributed by atoms with van der Waals surface area (Å²) in [5.41, 5.74) is 1.47. The van der Waals surface area contributed by atoms with Crippen LogP contribution >= 0.6 is 0 Å². The van der Waals surface area contributed by atoms with Crippen LogP contribution in [-0.4, -0.2) is 29.6 Å². The third-order valence-electron chi connectivity index (χ3n) is 4.13. The van der Waals surface area contributed by atoms with E-state index < -0.39 is 5.97 Å². The summed E-state index contributed by atoms with van der Waals surface area (Å²) in [7, 11) is 0. The first-order valence-electron chi connectivity index (χ1n) is 7.19. The van der Waals surface area contributed by atoms with Crippen molar-refractivity contribution in [2.24, 2.45) is 5.41 Å². The molecule has 0 radical (unpaired) electrons. The second-order valence-corrected chi connectivity index (χ2v) is 6.30. The van der Waals surface area contributed by atoms with Gasteiger partial charge in [-0.05, 0) is 49.4 Å². The molecule has 21 heavy (non-hydrogen) atoms. The molecule has 3 N–H and O–H groups in total. The highest BCUT2D eigenvalue weighted by molar-refractivity contribution is 5.97. The fourth-order valence-electron chi connectivity index (χ4n) is 2.75. The maximum atomic E-state index is 12.5. The lowest BCUT2D eigenvalue weighted by Gasteiger charge is -2.38. The Labute approximate surface area is 124 Å². The van der Waals surface area contributed by atoms with Crippen molar-refractivity contribution < 1.29 is 14.7 Å². The minimum absolute atomic E-state index is 0.106. The number of hydrogen-bond donors (Lipinski definition) is 3. The van der Waals surface area contributed by atoms with Gasteiger partial charge in [0.2, 0.25) is 5.91 Å². The number of benzene rings is 1. The summed E-state index contributed by atoms with van der Waals surface area (Å²) in [6, 6.07) is 4.49. The van der Waals surface area contributed by atoms with E-state index in [4.69, 9.17) is 5.11 Å². The van der Waals surface area contributed by atoms with Gasteiger partial charge < -0.3 is 15.7 Å². The number of aromatic carboxylic acids is 1. The highest BCUT2D eigenvalue weighted by Crippen LogP contribution is 2.31. The van der Waals surface area contributed by atoms with E-state index >= 15 is 0 Å². The summed E-state index contributed by atoms with van der Waals surface area (Å²) in [6.45, 7) is 6.82. The molecular weight excluding hydrogens is 268 g/mol. The molecule has 1 atom stereocenters. The molecule has 2 rings (SSSR count). The van der Waals surface area contributed by atoms with Crippen molar-refractivity contribution in [1.29, 1.82) is 0 Å². The summed E-state index contributed by atoms with van der Waals surface area (Å²) in [5, 5.41) is 15.2. The number of piperidine rings is 1. The SMILES string of the molecule is Cc1ccc(C(=O)O)cc1NC(=O)C1NCCCC1(C)C. The Morgan fingerprint density at radius 1 is 1.38 bits per heavy atom. The number of anilines is 1. The molecule has 0 saturated carbocycles. The third-order valence-corrected chi connectivity index (χ3v) is 4.13. The van der Waals surface area contributed by atoms with Crippen LogP contribution in [0.15, 0.2) is 18.2 Å². The fraction of sp³-hybridized carbons (Fsp3) is 0.500. The zero-order valence-electron chi connectivity index (χ0n) is 12.7. The molecular formula is C16H22N2O3. The Kier molecular flexibility index (Phi) is 4.32. The lowest BCUT2D eigenvalue weighted by atomic mass is 9.77. The number of carboxylic acid groups (broad SMARTS) is 1. The van der Waals surface area contributed by atoms with Crippen LogP contribution in [0.5, 0.6) is 0 Å². The van der Waals surface area contributed by atoms with Gasteiger partial charge in [-0.3, -0.25) is 4.79 Å². The average molecular weight is 290 g/mol. The number of carbonyl (C=O) groups is 2. The minimum Gasteiger partial charge on any atom is -0.478 e. The minimum atomic E-state index is -0.998. The smallest absolute Gasteiger partial charge is 0.335 e. The first kappa shape index (κ1) is 15.5. The number of nitrogens with one attached hydrogen (secondary N) is 2. The maximum absolute atomic E-state index is 12.5. The molecule has 5 heteroatoms. The van der Waals surface area contributed by atoms with Gasteiger partial charge in [0.15, 0.2) is 0 Å². The second kappa shape index (κ2) is 5.85. The molecule has 0 aromatic heterocycles. The van der Waals surface area contributed by atoms with Crippen molar-refractivity contribution in [2.75, 3.05) is 11.9 Å². The highest BCUT2D eigenvalue weighted by Gasteiger charge is 2.37. The van der Waals surface area contributed by atoms with E-state index in [1.165, 1.54) is 12.1 Å². The van der Waals surface area contributed by atoms with E-state index in [1.54, 1.807) is 6.07 Å². The first-order chi connectivity index (χ1) is 9.81. The third kappa shape index (κ3) is 3.42. The van der Waals surface area contributed by atoms with Crippen LogP contribution in [0.4, 0.5) is 5.69 Å². The van der Waals surface area contributed by atoms with Gasteiger partial charge >= 0.3 is 5.97 Å². The first-order valence-corrected chi connectivity index (χ1v) is 7.19. The maximum Gasteiger partial charge on any atom is 0.335 e. The molecule has 1 saturated heterocycles. The summed E-state index contributed by atoms with van der Waals surface area (Å²) < 4.78 is 0. The van der Waals surface area contributed by atoms with Crippen molar-refractivity contribution in [3.05, 3.63) is 29.3 Å². The molecule has 0 spiro atoms. The molecule has 1 aromatic carbocycles. The largest absolute Gasteiger partial charge is 0.478 e. The van der Waals surface area contributed by atoms with Crippen molar-refractivity contribution in [3.63, 3.8) is 0 Å². The Bertz CT molecular complexity index is 567. The Balaban J connectivity index is 2.19. The summed E-state index contributed by atoms with van der Waals surface area (Å²) >= 11 is 0. The number of carbonyl (C=O) groups excluding carboxylic acids is 1. The lowest BCUT2D eigenvalue weighted by molar-refractivity contribution is -0.121. The Morgan fingerprint density at radius 3 is 2.71 bits per heavy atom. The molecule has 1 heterocycles. The predicted molar refractivity (Wildman–Crippen MR) is 81.6 cm³/mol. The van der Waals surface area contributed by atoms with E-state index in [-0.39, 0.29) is 22.9 Å². The molecule has 114 valence electrons. The fourth-order valence-corrected chi connectivity index (χ4v) is 2.75. The summed E-state index contributed by atoms with van der Waals surface area (Å²) in [6.07, 6.45) is 2.05. The van der Waals surface area contributed by atoms with Crippen molar-refractivity contribution in [2.45, 2.75) is 39.7 Å². The molecule has 0 aliphatic carbocycles.